The van der Waals surface area contributed by atoms with Crippen LogP contribution >= 0.6 is 0 Å². The summed E-state index contributed by atoms with van der Waals surface area (Å²) in [4.78, 5) is 14.9. The molecule has 2 aliphatic rings. The maximum Gasteiger partial charge on any atom is 0.234 e. The third-order valence-corrected chi connectivity index (χ3v) is 5.33. The summed E-state index contributed by atoms with van der Waals surface area (Å²) < 4.78 is 0. The van der Waals surface area contributed by atoms with Crippen LogP contribution in [0.25, 0.3) is 0 Å². The van der Waals surface area contributed by atoms with Crippen molar-refractivity contribution < 1.29 is 4.79 Å². The van der Waals surface area contributed by atoms with Gasteiger partial charge in [-0.2, -0.15) is 0 Å². The van der Waals surface area contributed by atoms with Gasteiger partial charge in [-0.3, -0.25) is 9.69 Å². The minimum Gasteiger partial charge on any atom is -0.348 e. The molecule has 1 aliphatic carbocycles. The molecule has 0 spiro atoms. The molecule has 0 aromatic heterocycles. The molecular formula is C19H29N3O. The van der Waals surface area contributed by atoms with Crippen LogP contribution in [0.5, 0.6) is 0 Å². The molecule has 4 nitrogen and oxygen atoms in total. The summed E-state index contributed by atoms with van der Waals surface area (Å²) in [5, 5.41) is 6.72. The van der Waals surface area contributed by atoms with Crippen LogP contribution in [-0.4, -0.2) is 43.0 Å². The molecule has 1 heterocycles. The molecule has 0 radical (unpaired) electrons. The van der Waals surface area contributed by atoms with E-state index in [1.165, 1.54) is 31.2 Å². The van der Waals surface area contributed by atoms with Crippen LogP contribution in [0.1, 0.15) is 44.2 Å². The topological polar surface area (TPSA) is 44.4 Å². The fraction of sp³-hybridized carbons (Fsp3) is 0.632. The van der Waals surface area contributed by atoms with Crippen LogP contribution in [0.2, 0.25) is 0 Å². The summed E-state index contributed by atoms with van der Waals surface area (Å²) in [5.74, 6) is 0.751. The standard InChI is InChI=1S/C19H29N3O/c1-15-13-20-11-12-22(15)14-18(23)21-19(17-9-5-6-10-17)16-7-3-2-4-8-16/h2-4,7-8,15,17,19-20H,5-6,9-14H2,1H3,(H,21,23)/t15-,19?/m1/s1. The Morgan fingerprint density at radius 1 is 1.30 bits per heavy atom. The SMILES string of the molecule is C[C@@H]1CNCCN1CC(=O)NC(c1ccccc1)C1CCCC1. The zero-order valence-electron chi connectivity index (χ0n) is 14.1. The van der Waals surface area contributed by atoms with Crippen LogP contribution in [0.15, 0.2) is 30.3 Å². The first-order chi connectivity index (χ1) is 11.2. The van der Waals surface area contributed by atoms with Gasteiger partial charge in [0.05, 0.1) is 12.6 Å². The van der Waals surface area contributed by atoms with Gasteiger partial charge in [0.25, 0.3) is 0 Å². The molecule has 4 heteroatoms. The number of carbonyl (C=O) groups excluding carboxylic acids is 1. The summed E-state index contributed by atoms with van der Waals surface area (Å²) >= 11 is 0. The third kappa shape index (κ3) is 4.33. The Labute approximate surface area is 139 Å². The summed E-state index contributed by atoms with van der Waals surface area (Å²) in [7, 11) is 0. The average Bonchev–Trinajstić information content (AvgIpc) is 3.10. The summed E-state index contributed by atoms with van der Waals surface area (Å²) in [6, 6.07) is 11.1. The zero-order chi connectivity index (χ0) is 16.1. The number of hydrogen-bond donors (Lipinski definition) is 2. The van der Waals surface area contributed by atoms with Crippen molar-refractivity contribution in [3.05, 3.63) is 35.9 Å². The molecular weight excluding hydrogens is 286 g/mol. The van der Waals surface area contributed by atoms with E-state index in [-0.39, 0.29) is 11.9 Å². The van der Waals surface area contributed by atoms with Gasteiger partial charge >= 0.3 is 0 Å². The Morgan fingerprint density at radius 2 is 2.04 bits per heavy atom. The molecule has 1 unspecified atom stereocenters. The molecule has 0 bridgehead atoms. The van der Waals surface area contributed by atoms with Crippen LogP contribution < -0.4 is 10.6 Å². The Bertz CT molecular complexity index is 499. The van der Waals surface area contributed by atoms with Gasteiger partial charge < -0.3 is 10.6 Å². The van der Waals surface area contributed by atoms with E-state index in [9.17, 15) is 4.79 Å². The lowest BCUT2D eigenvalue weighted by Gasteiger charge is -2.34. The fourth-order valence-electron chi connectivity index (χ4n) is 3.95. The Balaban J connectivity index is 1.64. The highest BCUT2D eigenvalue weighted by Gasteiger charge is 2.28. The monoisotopic (exact) mass is 315 g/mol. The summed E-state index contributed by atoms with van der Waals surface area (Å²) in [6.07, 6.45) is 5.03. The Kier molecular flexibility index (Phi) is 5.68. The van der Waals surface area contributed by atoms with E-state index in [0.717, 1.165) is 19.6 Å². The van der Waals surface area contributed by atoms with E-state index in [1.807, 2.05) is 6.07 Å². The Morgan fingerprint density at radius 3 is 2.74 bits per heavy atom. The van der Waals surface area contributed by atoms with E-state index in [4.69, 9.17) is 0 Å². The highest BCUT2D eigenvalue weighted by Crippen LogP contribution is 2.35. The molecule has 1 amide bonds. The third-order valence-electron chi connectivity index (χ3n) is 5.33. The number of nitrogens with zero attached hydrogens (tertiary/aromatic N) is 1. The first kappa shape index (κ1) is 16.5. The highest BCUT2D eigenvalue weighted by atomic mass is 16.2. The molecule has 1 aromatic carbocycles. The van der Waals surface area contributed by atoms with E-state index >= 15 is 0 Å². The largest absolute Gasteiger partial charge is 0.348 e. The van der Waals surface area contributed by atoms with Gasteiger partial charge in [-0.1, -0.05) is 43.2 Å². The quantitative estimate of drug-likeness (QED) is 0.876. The molecule has 2 fully saturated rings. The van der Waals surface area contributed by atoms with E-state index in [1.54, 1.807) is 0 Å². The minimum atomic E-state index is 0.166. The number of amides is 1. The van der Waals surface area contributed by atoms with Crippen LogP contribution in [0, 0.1) is 5.92 Å². The lowest BCUT2D eigenvalue weighted by molar-refractivity contribution is -0.124. The lowest BCUT2D eigenvalue weighted by Crippen LogP contribution is -2.53. The number of hydrogen-bond acceptors (Lipinski definition) is 3. The molecule has 2 N–H and O–H groups in total. The summed E-state index contributed by atoms with van der Waals surface area (Å²) in [6.45, 7) is 5.60. The molecule has 23 heavy (non-hydrogen) atoms. The second-order valence-electron chi connectivity index (χ2n) is 7.02. The predicted octanol–water partition coefficient (Wildman–Crippen LogP) is 2.33. The van der Waals surface area contributed by atoms with Crippen molar-refractivity contribution in [3.8, 4) is 0 Å². The van der Waals surface area contributed by atoms with Crippen molar-refractivity contribution in [2.45, 2.75) is 44.7 Å². The highest BCUT2D eigenvalue weighted by molar-refractivity contribution is 5.78. The molecule has 3 rings (SSSR count). The van der Waals surface area contributed by atoms with Crippen molar-refractivity contribution in [2.75, 3.05) is 26.2 Å². The predicted molar refractivity (Wildman–Crippen MR) is 93.2 cm³/mol. The van der Waals surface area contributed by atoms with Crippen molar-refractivity contribution in [2.24, 2.45) is 5.92 Å². The fourth-order valence-corrected chi connectivity index (χ4v) is 3.95. The minimum absolute atomic E-state index is 0.166. The molecule has 1 aliphatic heterocycles. The van der Waals surface area contributed by atoms with Crippen molar-refractivity contribution in [1.29, 1.82) is 0 Å². The van der Waals surface area contributed by atoms with E-state index < -0.39 is 0 Å². The first-order valence-corrected chi connectivity index (χ1v) is 9.03. The van der Waals surface area contributed by atoms with Gasteiger partial charge in [0.1, 0.15) is 0 Å². The smallest absolute Gasteiger partial charge is 0.234 e. The van der Waals surface area contributed by atoms with Gasteiger partial charge in [0.15, 0.2) is 0 Å². The van der Waals surface area contributed by atoms with Gasteiger partial charge in [-0.25, -0.2) is 0 Å². The van der Waals surface area contributed by atoms with Gasteiger partial charge in [-0.15, -0.1) is 0 Å². The number of nitrogens with one attached hydrogen (secondary N) is 2. The number of piperazine rings is 1. The molecule has 1 saturated carbocycles. The van der Waals surface area contributed by atoms with Crippen LogP contribution in [-0.2, 0) is 4.79 Å². The lowest BCUT2D eigenvalue weighted by atomic mass is 9.91. The van der Waals surface area contributed by atoms with Gasteiger partial charge in [-0.05, 0) is 31.2 Å². The second kappa shape index (κ2) is 7.93. The molecule has 1 aromatic rings. The molecule has 126 valence electrons. The van der Waals surface area contributed by atoms with E-state index in [0.29, 0.717) is 18.5 Å². The van der Waals surface area contributed by atoms with Crippen LogP contribution in [0.3, 0.4) is 0 Å². The average molecular weight is 315 g/mol. The van der Waals surface area contributed by atoms with Gasteiger partial charge in [0.2, 0.25) is 5.91 Å². The van der Waals surface area contributed by atoms with Crippen LogP contribution in [0.4, 0.5) is 0 Å². The number of carbonyl (C=O) groups is 1. The zero-order valence-corrected chi connectivity index (χ0v) is 14.1. The van der Waals surface area contributed by atoms with E-state index in [2.05, 4.69) is 46.7 Å². The van der Waals surface area contributed by atoms with Crippen molar-refractivity contribution in [1.82, 2.24) is 15.5 Å². The van der Waals surface area contributed by atoms with Crippen molar-refractivity contribution in [3.63, 3.8) is 0 Å². The Hall–Kier alpha value is -1.39. The maximum atomic E-state index is 12.6. The van der Waals surface area contributed by atoms with Crippen molar-refractivity contribution >= 4 is 5.91 Å². The number of rotatable bonds is 5. The first-order valence-electron chi connectivity index (χ1n) is 9.03. The molecule has 1 saturated heterocycles. The summed E-state index contributed by atoms with van der Waals surface area (Å²) in [5.41, 5.74) is 1.25. The normalized spacial score (nSPS) is 24.5. The maximum absolute atomic E-state index is 12.6. The van der Waals surface area contributed by atoms with Gasteiger partial charge in [0, 0.05) is 25.7 Å². The number of benzene rings is 1. The molecule has 2 atom stereocenters. The second-order valence-corrected chi connectivity index (χ2v) is 7.02.